The third-order valence-electron chi connectivity index (χ3n) is 3.69. The average molecular weight is 246 g/mol. The lowest BCUT2D eigenvalue weighted by Crippen LogP contribution is -2.34. The number of benzene rings is 1. The Hall–Kier alpha value is -1.51. The number of urea groups is 1. The van der Waals surface area contributed by atoms with Crippen molar-refractivity contribution in [2.75, 3.05) is 18.4 Å². The summed E-state index contributed by atoms with van der Waals surface area (Å²) in [4.78, 5) is 13.9. The maximum atomic E-state index is 12.1. The molecule has 0 radical (unpaired) electrons. The molecule has 1 aromatic carbocycles. The second kappa shape index (κ2) is 5.89. The van der Waals surface area contributed by atoms with Crippen molar-refractivity contribution in [2.24, 2.45) is 0 Å². The molecule has 0 saturated heterocycles. The molecule has 0 aromatic heterocycles. The van der Waals surface area contributed by atoms with Gasteiger partial charge in [0.15, 0.2) is 0 Å². The van der Waals surface area contributed by atoms with Gasteiger partial charge in [-0.25, -0.2) is 4.79 Å². The Bertz CT molecular complexity index is 425. The van der Waals surface area contributed by atoms with E-state index in [0.717, 1.165) is 31.6 Å². The second-order valence-corrected chi connectivity index (χ2v) is 4.75. The van der Waals surface area contributed by atoms with E-state index in [9.17, 15) is 4.79 Å². The molecule has 2 rings (SSSR count). The number of fused-ring (bicyclic) bond motifs is 1. The third-order valence-corrected chi connectivity index (χ3v) is 3.69. The number of carbonyl (C=O) groups excluding carboxylic acids is 1. The highest BCUT2D eigenvalue weighted by molar-refractivity contribution is 5.90. The molecule has 0 unspecified atom stereocenters. The van der Waals surface area contributed by atoms with Crippen LogP contribution in [0.2, 0.25) is 0 Å². The first kappa shape index (κ1) is 12.9. The molecule has 0 fully saturated rings. The molecule has 3 nitrogen and oxygen atoms in total. The van der Waals surface area contributed by atoms with E-state index >= 15 is 0 Å². The van der Waals surface area contributed by atoms with Gasteiger partial charge in [0, 0.05) is 18.8 Å². The van der Waals surface area contributed by atoms with Crippen LogP contribution in [0.3, 0.4) is 0 Å². The van der Waals surface area contributed by atoms with E-state index < -0.39 is 0 Å². The average Bonchev–Trinajstić information content (AvgIpc) is 2.40. The number of nitrogens with one attached hydrogen (secondary N) is 1. The standard InChI is InChI=1S/C15H22N2O/c1-3-17(4-2)15(18)16-14-11-7-9-12-8-5-6-10-13(12)14/h7,9,11H,3-6,8,10H2,1-2H3,(H,16,18). The van der Waals surface area contributed by atoms with Crippen LogP contribution in [0.5, 0.6) is 0 Å². The SMILES string of the molecule is CCN(CC)C(=O)Nc1cccc2c1CCCC2. The van der Waals surface area contributed by atoms with Crippen molar-refractivity contribution in [1.29, 1.82) is 0 Å². The zero-order valence-electron chi connectivity index (χ0n) is 11.3. The Kier molecular flexibility index (Phi) is 4.24. The smallest absolute Gasteiger partial charge is 0.321 e. The van der Waals surface area contributed by atoms with Gasteiger partial charge in [-0.1, -0.05) is 12.1 Å². The van der Waals surface area contributed by atoms with E-state index in [1.807, 2.05) is 30.9 Å². The molecule has 1 aliphatic rings. The first-order chi connectivity index (χ1) is 8.76. The van der Waals surface area contributed by atoms with Gasteiger partial charge in [-0.2, -0.15) is 0 Å². The molecule has 1 aromatic rings. The number of aryl methyl sites for hydroxylation is 1. The number of carbonyl (C=O) groups is 1. The number of hydrogen-bond acceptors (Lipinski definition) is 1. The summed E-state index contributed by atoms with van der Waals surface area (Å²) in [5, 5.41) is 3.06. The van der Waals surface area contributed by atoms with Gasteiger partial charge in [0.25, 0.3) is 0 Å². The fourth-order valence-electron chi connectivity index (χ4n) is 2.60. The lowest BCUT2D eigenvalue weighted by atomic mass is 9.90. The summed E-state index contributed by atoms with van der Waals surface area (Å²) in [6, 6.07) is 6.26. The molecule has 18 heavy (non-hydrogen) atoms. The predicted molar refractivity (Wildman–Crippen MR) is 75.0 cm³/mol. The van der Waals surface area contributed by atoms with E-state index in [1.54, 1.807) is 0 Å². The van der Waals surface area contributed by atoms with Crippen molar-refractivity contribution in [1.82, 2.24) is 4.90 Å². The number of amides is 2. The molecule has 1 N–H and O–H groups in total. The van der Waals surface area contributed by atoms with Gasteiger partial charge in [0.05, 0.1) is 0 Å². The van der Waals surface area contributed by atoms with E-state index in [1.165, 1.54) is 24.0 Å². The van der Waals surface area contributed by atoms with Crippen LogP contribution in [-0.2, 0) is 12.8 Å². The van der Waals surface area contributed by atoms with Crippen molar-refractivity contribution in [2.45, 2.75) is 39.5 Å². The highest BCUT2D eigenvalue weighted by atomic mass is 16.2. The Balaban J connectivity index is 2.16. The lowest BCUT2D eigenvalue weighted by Gasteiger charge is -2.23. The zero-order chi connectivity index (χ0) is 13.0. The topological polar surface area (TPSA) is 32.3 Å². The van der Waals surface area contributed by atoms with Crippen molar-refractivity contribution in [3.05, 3.63) is 29.3 Å². The number of anilines is 1. The molecular formula is C15H22N2O. The normalized spacial score (nSPS) is 13.9. The minimum atomic E-state index is 0.0129. The maximum absolute atomic E-state index is 12.1. The van der Waals surface area contributed by atoms with Gasteiger partial charge in [-0.3, -0.25) is 0 Å². The molecule has 2 amide bonds. The molecule has 0 bridgehead atoms. The molecule has 1 aliphatic carbocycles. The Labute approximate surface area is 109 Å². The maximum Gasteiger partial charge on any atom is 0.321 e. The van der Waals surface area contributed by atoms with Crippen LogP contribution < -0.4 is 5.32 Å². The first-order valence-corrected chi connectivity index (χ1v) is 6.93. The summed E-state index contributed by atoms with van der Waals surface area (Å²) >= 11 is 0. The molecule has 0 aliphatic heterocycles. The Morgan fingerprint density at radius 3 is 2.67 bits per heavy atom. The summed E-state index contributed by atoms with van der Waals surface area (Å²) in [7, 11) is 0. The van der Waals surface area contributed by atoms with Crippen LogP contribution in [0.15, 0.2) is 18.2 Å². The number of rotatable bonds is 3. The van der Waals surface area contributed by atoms with Gasteiger partial charge in [0.2, 0.25) is 0 Å². The third kappa shape index (κ3) is 2.66. The van der Waals surface area contributed by atoms with E-state index in [4.69, 9.17) is 0 Å². The highest BCUT2D eigenvalue weighted by Crippen LogP contribution is 2.27. The quantitative estimate of drug-likeness (QED) is 0.870. The van der Waals surface area contributed by atoms with E-state index in [-0.39, 0.29) is 6.03 Å². The molecular weight excluding hydrogens is 224 g/mol. The fraction of sp³-hybridized carbons (Fsp3) is 0.533. The van der Waals surface area contributed by atoms with Gasteiger partial charge >= 0.3 is 6.03 Å². The van der Waals surface area contributed by atoms with Crippen molar-refractivity contribution in [3.8, 4) is 0 Å². The van der Waals surface area contributed by atoms with Crippen molar-refractivity contribution < 1.29 is 4.79 Å². The van der Waals surface area contributed by atoms with Crippen molar-refractivity contribution in [3.63, 3.8) is 0 Å². The van der Waals surface area contributed by atoms with Crippen LogP contribution in [-0.4, -0.2) is 24.0 Å². The van der Waals surface area contributed by atoms with Crippen LogP contribution in [0.1, 0.15) is 37.8 Å². The minimum Gasteiger partial charge on any atom is -0.325 e. The lowest BCUT2D eigenvalue weighted by molar-refractivity contribution is 0.217. The molecule has 3 heteroatoms. The second-order valence-electron chi connectivity index (χ2n) is 4.75. The van der Waals surface area contributed by atoms with Gasteiger partial charge in [-0.15, -0.1) is 0 Å². The summed E-state index contributed by atoms with van der Waals surface area (Å²) in [5.74, 6) is 0. The Morgan fingerprint density at radius 1 is 1.22 bits per heavy atom. The largest absolute Gasteiger partial charge is 0.325 e. The Morgan fingerprint density at radius 2 is 1.94 bits per heavy atom. The van der Waals surface area contributed by atoms with Crippen LogP contribution in [0.25, 0.3) is 0 Å². The highest BCUT2D eigenvalue weighted by Gasteiger charge is 2.16. The minimum absolute atomic E-state index is 0.0129. The van der Waals surface area contributed by atoms with Crippen LogP contribution in [0, 0.1) is 0 Å². The summed E-state index contributed by atoms with van der Waals surface area (Å²) in [5.41, 5.74) is 3.74. The molecule has 0 atom stereocenters. The molecule has 0 heterocycles. The zero-order valence-corrected chi connectivity index (χ0v) is 11.3. The van der Waals surface area contributed by atoms with Gasteiger partial charge < -0.3 is 10.2 Å². The number of hydrogen-bond donors (Lipinski definition) is 1. The predicted octanol–water partition coefficient (Wildman–Crippen LogP) is 3.44. The van der Waals surface area contributed by atoms with Crippen LogP contribution in [0.4, 0.5) is 10.5 Å². The molecule has 0 spiro atoms. The van der Waals surface area contributed by atoms with E-state index in [0.29, 0.717) is 0 Å². The summed E-state index contributed by atoms with van der Waals surface area (Å²) < 4.78 is 0. The summed E-state index contributed by atoms with van der Waals surface area (Å²) in [6.07, 6.45) is 4.72. The number of nitrogens with zero attached hydrogens (tertiary/aromatic N) is 1. The molecule has 98 valence electrons. The van der Waals surface area contributed by atoms with Gasteiger partial charge in [-0.05, 0) is 56.7 Å². The van der Waals surface area contributed by atoms with Crippen molar-refractivity contribution >= 4 is 11.7 Å². The fourth-order valence-corrected chi connectivity index (χ4v) is 2.60. The monoisotopic (exact) mass is 246 g/mol. The molecule has 0 saturated carbocycles. The first-order valence-electron chi connectivity index (χ1n) is 6.93. The summed E-state index contributed by atoms with van der Waals surface area (Å²) in [6.45, 7) is 5.50. The van der Waals surface area contributed by atoms with Gasteiger partial charge in [0.1, 0.15) is 0 Å². The van der Waals surface area contributed by atoms with Crippen LogP contribution >= 0.6 is 0 Å². The van der Waals surface area contributed by atoms with E-state index in [2.05, 4.69) is 11.4 Å².